The van der Waals surface area contributed by atoms with Crippen LogP contribution in [0.5, 0.6) is 0 Å². The van der Waals surface area contributed by atoms with Crippen LogP contribution in [0.2, 0.25) is 0 Å². The minimum Gasteiger partial charge on any atom is -0.331 e. The van der Waals surface area contributed by atoms with E-state index >= 15 is 0 Å². The summed E-state index contributed by atoms with van der Waals surface area (Å²) < 4.78 is 0. The fourth-order valence-electron chi connectivity index (χ4n) is 4.68. The number of nitrogens with one attached hydrogen (secondary N) is 1. The van der Waals surface area contributed by atoms with Gasteiger partial charge in [0.25, 0.3) is 5.91 Å². The highest BCUT2D eigenvalue weighted by molar-refractivity contribution is 6.07. The molecule has 0 saturated carbocycles. The second kappa shape index (κ2) is 9.34. The zero-order valence-electron chi connectivity index (χ0n) is 17.0. The van der Waals surface area contributed by atoms with Gasteiger partial charge < -0.3 is 10.2 Å². The van der Waals surface area contributed by atoms with Gasteiger partial charge in [-0.05, 0) is 44.9 Å². The van der Waals surface area contributed by atoms with Crippen LogP contribution in [0.25, 0.3) is 22.2 Å². The first-order valence-corrected chi connectivity index (χ1v) is 10.2. The van der Waals surface area contributed by atoms with Gasteiger partial charge in [-0.3, -0.25) is 4.79 Å². The Bertz CT molecular complexity index is 1020. The van der Waals surface area contributed by atoms with E-state index < -0.39 is 0 Å². The predicted molar refractivity (Wildman–Crippen MR) is 127 cm³/mol. The average Bonchev–Trinajstić information content (AvgIpc) is 2.99. The van der Waals surface area contributed by atoms with Crippen molar-refractivity contribution in [3.05, 3.63) is 65.7 Å². The van der Waals surface area contributed by atoms with Gasteiger partial charge >= 0.3 is 0 Å². The topological polar surface area (TPSA) is 45.2 Å². The lowest BCUT2D eigenvalue weighted by Gasteiger charge is -2.28. The summed E-state index contributed by atoms with van der Waals surface area (Å²) in [5.74, 6) is 0.156. The van der Waals surface area contributed by atoms with Gasteiger partial charge in [-0.2, -0.15) is 0 Å². The molecule has 1 N–H and O–H groups in total. The quantitative estimate of drug-likeness (QED) is 0.604. The molecule has 2 unspecified atom stereocenters. The Kier molecular flexibility index (Phi) is 7.02. The van der Waals surface area contributed by atoms with Crippen molar-refractivity contribution < 1.29 is 4.79 Å². The van der Waals surface area contributed by atoms with Gasteiger partial charge in [0, 0.05) is 29.6 Å². The normalized spacial score (nSPS) is 20.2. The number of carbonyl (C=O) groups excluding carboxylic acids is 1. The molecule has 3 heterocycles. The number of hydrogen-bond donors (Lipinski definition) is 1. The van der Waals surface area contributed by atoms with E-state index in [0.29, 0.717) is 12.1 Å². The summed E-state index contributed by atoms with van der Waals surface area (Å²) in [6, 6.07) is 19.0. The number of pyridine rings is 1. The second-order valence-corrected chi connectivity index (χ2v) is 8.03. The van der Waals surface area contributed by atoms with Crippen molar-refractivity contribution >= 4 is 41.6 Å². The molecule has 1 amide bonds. The van der Waals surface area contributed by atoms with Crippen LogP contribution < -0.4 is 5.32 Å². The highest BCUT2D eigenvalue weighted by atomic mass is 35.5. The average molecular weight is 444 g/mol. The Morgan fingerprint density at radius 3 is 2.53 bits per heavy atom. The van der Waals surface area contributed by atoms with Crippen LogP contribution in [-0.4, -0.2) is 41.0 Å². The summed E-state index contributed by atoms with van der Waals surface area (Å²) >= 11 is 0. The number of aryl methyl sites for hydroxylation is 1. The van der Waals surface area contributed by atoms with Crippen LogP contribution in [-0.2, 0) is 0 Å². The first kappa shape index (κ1) is 22.5. The number of nitrogens with zero attached hydrogens (tertiary/aromatic N) is 2. The lowest BCUT2D eigenvalue weighted by Crippen LogP contribution is -2.42. The van der Waals surface area contributed by atoms with Crippen molar-refractivity contribution in [3.63, 3.8) is 0 Å². The van der Waals surface area contributed by atoms with Gasteiger partial charge in [-0.25, -0.2) is 4.98 Å². The maximum absolute atomic E-state index is 13.7. The summed E-state index contributed by atoms with van der Waals surface area (Å²) in [4.78, 5) is 20.7. The number of amides is 1. The van der Waals surface area contributed by atoms with Crippen LogP contribution >= 0.6 is 24.8 Å². The smallest absolute Gasteiger partial charge is 0.255 e. The molecule has 2 aliphatic heterocycles. The number of carbonyl (C=O) groups is 1. The number of fused-ring (bicyclic) bond motifs is 3. The molecule has 6 heteroatoms. The van der Waals surface area contributed by atoms with Crippen molar-refractivity contribution in [3.8, 4) is 11.3 Å². The molecule has 3 aromatic rings. The third kappa shape index (κ3) is 4.04. The van der Waals surface area contributed by atoms with Crippen LogP contribution in [0.4, 0.5) is 0 Å². The fourth-order valence-corrected chi connectivity index (χ4v) is 4.68. The van der Waals surface area contributed by atoms with E-state index in [1.54, 1.807) is 0 Å². The molecule has 5 rings (SSSR count). The number of para-hydroxylation sites is 1. The molecule has 2 aromatic carbocycles. The number of halogens is 2. The van der Waals surface area contributed by atoms with Crippen molar-refractivity contribution in [2.45, 2.75) is 38.3 Å². The summed E-state index contributed by atoms with van der Waals surface area (Å²) in [6.07, 6.45) is 3.25. The first-order valence-electron chi connectivity index (χ1n) is 10.2. The third-order valence-electron chi connectivity index (χ3n) is 6.18. The molecule has 0 spiro atoms. The number of benzene rings is 2. The molecule has 2 aliphatic rings. The van der Waals surface area contributed by atoms with Crippen LogP contribution in [0, 0.1) is 6.92 Å². The van der Waals surface area contributed by atoms with E-state index in [1.807, 2.05) is 30.3 Å². The summed E-state index contributed by atoms with van der Waals surface area (Å²) in [5.41, 5.74) is 4.78. The van der Waals surface area contributed by atoms with Gasteiger partial charge in [0.15, 0.2) is 0 Å². The monoisotopic (exact) mass is 443 g/mol. The Balaban J connectivity index is 0.00000128. The van der Waals surface area contributed by atoms with Crippen molar-refractivity contribution in [2.24, 2.45) is 0 Å². The van der Waals surface area contributed by atoms with Crippen LogP contribution in [0.3, 0.4) is 0 Å². The highest BCUT2D eigenvalue weighted by Gasteiger charge is 2.38. The summed E-state index contributed by atoms with van der Waals surface area (Å²) in [7, 11) is 0. The number of rotatable bonds is 2. The Morgan fingerprint density at radius 1 is 1.00 bits per heavy atom. The lowest BCUT2D eigenvalue weighted by atomic mass is 10.0. The second-order valence-electron chi connectivity index (χ2n) is 8.03. The minimum absolute atomic E-state index is 0. The van der Waals surface area contributed by atoms with Crippen molar-refractivity contribution in [1.82, 2.24) is 15.2 Å². The molecule has 30 heavy (non-hydrogen) atoms. The summed E-state index contributed by atoms with van der Waals surface area (Å²) in [5, 5.41) is 4.43. The van der Waals surface area contributed by atoms with Crippen LogP contribution in [0.15, 0.2) is 54.6 Å². The van der Waals surface area contributed by atoms with Gasteiger partial charge in [0.05, 0.1) is 16.8 Å². The zero-order chi connectivity index (χ0) is 19.1. The van der Waals surface area contributed by atoms with E-state index in [1.165, 1.54) is 5.56 Å². The summed E-state index contributed by atoms with van der Waals surface area (Å²) in [6.45, 7) is 3.97. The molecule has 0 aliphatic carbocycles. The Labute approximate surface area is 189 Å². The molecule has 0 radical (unpaired) electrons. The maximum Gasteiger partial charge on any atom is 0.255 e. The minimum atomic E-state index is 0. The van der Waals surface area contributed by atoms with Gasteiger partial charge in [0.2, 0.25) is 0 Å². The van der Waals surface area contributed by atoms with E-state index in [4.69, 9.17) is 4.98 Å². The van der Waals surface area contributed by atoms with Crippen LogP contribution in [0.1, 0.15) is 35.2 Å². The van der Waals surface area contributed by atoms with E-state index in [-0.39, 0.29) is 30.7 Å². The van der Waals surface area contributed by atoms with Gasteiger partial charge in [-0.15, -0.1) is 24.8 Å². The van der Waals surface area contributed by atoms with Crippen molar-refractivity contribution in [1.29, 1.82) is 0 Å². The predicted octanol–water partition coefficient (Wildman–Crippen LogP) is 5.02. The molecule has 4 nitrogen and oxygen atoms in total. The third-order valence-corrected chi connectivity index (χ3v) is 6.18. The lowest BCUT2D eigenvalue weighted by molar-refractivity contribution is 0.0682. The number of hydrogen-bond acceptors (Lipinski definition) is 3. The Hall–Kier alpha value is -2.14. The fraction of sp³-hybridized carbons (Fsp3) is 0.333. The highest BCUT2D eigenvalue weighted by Crippen LogP contribution is 2.32. The SMILES string of the molecule is Cc1ccc(-c2cc(C(=O)N3C4CCNCC3CC4)c3ccccc3n2)cc1.Cl.Cl. The van der Waals surface area contributed by atoms with E-state index in [0.717, 1.165) is 60.1 Å². The largest absolute Gasteiger partial charge is 0.331 e. The number of aromatic nitrogens is 1. The van der Waals surface area contributed by atoms with E-state index in [9.17, 15) is 4.79 Å². The zero-order valence-corrected chi connectivity index (χ0v) is 18.6. The van der Waals surface area contributed by atoms with Crippen molar-refractivity contribution in [2.75, 3.05) is 13.1 Å². The molecule has 2 bridgehead atoms. The molecule has 2 atom stereocenters. The molecule has 2 saturated heterocycles. The molecular formula is C24H27Cl2N3O. The Morgan fingerprint density at radius 2 is 1.73 bits per heavy atom. The molecule has 158 valence electrons. The van der Waals surface area contributed by atoms with Gasteiger partial charge in [-0.1, -0.05) is 48.0 Å². The standard InChI is InChI=1S/C24H25N3O.2ClH/c1-16-6-8-17(9-7-16)23-14-21(20-4-2-3-5-22(20)26-23)24(28)27-18-10-11-19(27)15-25-13-12-18;;/h2-9,14,18-19,25H,10-13,15H2,1H3;2*1H. The first-order chi connectivity index (χ1) is 13.7. The maximum atomic E-state index is 13.7. The molecular weight excluding hydrogens is 417 g/mol. The molecule has 1 aromatic heterocycles. The van der Waals surface area contributed by atoms with E-state index in [2.05, 4.69) is 41.4 Å². The van der Waals surface area contributed by atoms with Gasteiger partial charge in [0.1, 0.15) is 0 Å². The molecule has 2 fully saturated rings.